The van der Waals surface area contributed by atoms with Crippen molar-refractivity contribution in [1.82, 2.24) is 15.1 Å². The lowest BCUT2D eigenvalue weighted by Gasteiger charge is -2.19. The van der Waals surface area contributed by atoms with E-state index < -0.39 is 0 Å². The van der Waals surface area contributed by atoms with Crippen molar-refractivity contribution in [3.8, 4) is 0 Å². The molecule has 0 aliphatic heterocycles. The van der Waals surface area contributed by atoms with Crippen LogP contribution in [0.25, 0.3) is 10.9 Å². The summed E-state index contributed by atoms with van der Waals surface area (Å²) in [6.45, 7) is 5.04. The van der Waals surface area contributed by atoms with Gasteiger partial charge in [0.05, 0.1) is 17.8 Å². The second-order valence-electron chi connectivity index (χ2n) is 5.00. The molecular formula is C14H21N3O. The Morgan fingerprint density at radius 1 is 1.33 bits per heavy atom. The molecule has 0 radical (unpaired) electrons. The predicted molar refractivity (Wildman–Crippen MR) is 73.3 cm³/mol. The van der Waals surface area contributed by atoms with E-state index in [9.17, 15) is 5.11 Å². The van der Waals surface area contributed by atoms with E-state index in [1.807, 2.05) is 23.9 Å². The normalized spacial score (nSPS) is 13.4. The van der Waals surface area contributed by atoms with Gasteiger partial charge in [0.1, 0.15) is 0 Å². The lowest BCUT2D eigenvalue weighted by Crippen LogP contribution is -2.36. The Hall–Kier alpha value is -1.39. The second-order valence-corrected chi connectivity index (χ2v) is 5.00. The van der Waals surface area contributed by atoms with Crippen LogP contribution in [0.2, 0.25) is 0 Å². The monoisotopic (exact) mass is 247 g/mol. The highest BCUT2D eigenvalue weighted by Crippen LogP contribution is 2.17. The number of aliphatic hydroxyl groups excluding tert-OH is 1. The topological polar surface area (TPSA) is 50.1 Å². The maximum atomic E-state index is 9.30. The maximum absolute atomic E-state index is 9.30. The van der Waals surface area contributed by atoms with E-state index in [2.05, 4.69) is 36.4 Å². The van der Waals surface area contributed by atoms with Gasteiger partial charge in [0.25, 0.3) is 0 Å². The van der Waals surface area contributed by atoms with E-state index in [4.69, 9.17) is 0 Å². The number of hydrogen-bond acceptors (Lipinski definition) is 3. The molecule has 1 aromatic carbocycles. The summed E-state index contributed by atoms with van der Waals surface area (Å²) in [6, 6.07) is 8.32. The molecule has 0 aliphatic carbocycles. The number of benzene rings is 1. The van der Waals surface area contributed by atoms with Crippen LogP contribution in [0.3, 0.4) is 0 Å². The van der Waals surface area contributed by atoms with Gasteiger partial charge >= 0.3 is 0 Å². The average molecular weight is 247 g/mol. The summed E-state index contributed by atoms with van der Waals surface area (Å²) in [5.41, 5.74) is 2.17. The number of aromatic nitrogens is 2. The first-order valence-corrected chi connectivity index (χ1v) is 6.38. The minimum atomic E-state index is 0.116. The summed E-state index contributed by atoms with van der Waals surface area (Å²) < 4.78 is 1.90. The van der Waals surface area contributed by atoms with Crippen LogP contribution >= 0.6 is 0 Å². The van der Waals surface area contributed by atoms with Crippen LogP contribution in [0.15, 0.2) is 24.3 Å². The summed E-state index contributed by atoms with van der Waals surface area (Å²) in [4.78, 5) is 0. The number of nitrogens with zero attached hydrogens (tertiary/aromatic N) is 2. The molecule has 2 aromatic rings. The molecule has 0 fully saturated rings. The molecule has 0 saturated carbocycles. The molecule has 0 amide bonds. The van der Waals surface area contributed by atoms with E-state index in [0.717, 1.165) is 11.2 Å². The van der Waals surface area contributed by atoms with Gasteiger partial charge in [0, 0.05) is 25.0 Å². The fourth-order valence-electron chi connectivity index (χ4n) is 2.16. The fraction of sp³-hybridized carbons (Fsp3) is 0.500. The van der Waals surface area contributed by atoms with E-state index >= 15 is 0 Å². The highest BCUT2D eigenvalue weighted by Gasteiger charge is 2.13. The molecule has 2 rings (SSSR count). The largest absolute Gasteiger partial charge is 0.395 e. The molecule has 4 nitrogen and oxygen atoms in total. The minimum absolute atomic E-state index is 0.116. The van der Waals surface area contributed by atoms with Crippen molar-refractivity contribution in [2.75, 3.05) is 6.61 Å². The molecule has 1 unspecified atom stereocenters. The van der Waals surface area contributed by atoms with Gasteiger partial charge in [0.15, 0.2) is 0 Å². The maximum Gasteiger partial charge on any atom is 0.0841 e. The highest BCUT2D eigenvalue weighted by atomic mass is 16.3. The molecule has 2 N–H and O–H groups in total. The van der Waals surface area contributed by atoms with Gasteiger partial charge in [-0.15, -0.1) is 0 Å². The first-order chi connectivity index (χ1) is 8.63. The fourth-order valence-corrected chi connectivity index (χ4v) is 2.16. The Morgan fingerprint density at radius 2 is 2.06 bits per heavy atom. The zero-order valence-electron chi connectivity index (χ0n) is 11.2. The zero-order valence-corrected chi connectivity index (χ0v) is 11.2. The van der Waals surface area contributed by atoms with E-state index in [-0.39, 0.29) is 12.6 Å². The van der Waals surface area contributed by atoms with Crippen LogP contribution in [0.1, 0.15) is 19.5 Å². The van der Waals surface area contributed by atoms with Crippen molar-refractivity contribution in [1.29, 1.82) is 0 Å². The number of aryl methyl sites for hydroxylation is 1. The van der Waals surface area contributed by atoms with Crippen molar-refractivity contribution < 1.29 is 5.11 Å². The number of para-hydroxylation sites is 1. The molecule has 4 heteroatoms. The van der Waals surface area contributed by atoms with E-state index in [1.165, 1.54) is 5.39 Å². The zero-order chi connectivity index (χ0) is 13.1. The van der Waals surface area contributed by atoms with E-state index in [0.29, 0.717) is 12.5 Å². The number of rotatable bonds is 5. The quantitative estimate of drug-likeness (QED) is 0.845. The molecule has 0 aliphatic rings. The number of nitrogens with one attached hydrogen (secondary N) is 1. The summed E-state index contributed by atoms with van der Waals surface area (Å²) in [6.07, 6.45) is 0. The number of hydrogen-bond donors (Lipinski definition) is 2. The third-order valence-electron chi connectivity index (χ3n) is 3.37. The third kappa shape index (κ3) is 2.54. The van der Waals surface area contributed by atoms with Crippen molar-refractivity contribution in [3.05, 3.63) is 30.0 Å². The molecular weight excluding hydrogens is 226 g/mol. The molecule has 18 heavy (non-hydrogen) atoms. The van der Waals surface area contributed by atoms with Gasteiger partial charge < -0.3 is 10.4 Å². The third-order valence-corrected chi connectivity index (χ3v) is 3.37. The van der Waals surface area contributed by atoms with Crippen molar-refractivity contribution in [2.24, 2.45) is 13.0 Å². The average Bonchev–Trinajstić information content (AvgIpc) is 2.68. The lowest BCUT2D eigenvalue weighted by molar-refractivity contribution is 0.209. The first-order valence-electron chi connectivity index (χ1n) is 6.38. The lowest BCUT2D eigenvalue weighted by atomic mass is 10.1. The van der Waals surface area contributed by atoms with Crippen molar-refractivity contribution >= 4 is 10.9 Å². The smallest absolute Gasteiger partial charge is 0.0841 e. The van der Waals surface area contributed by atoms with Crippen molar-refractivity contribution in [2.45, 2.75) is 26.4 Å². The second kappa shape index (κ2) is 5.50. The Balaban J connectivity index is 2.17. The SMILES string of the molecule is CC(C)C(CO)NCc1nn(C)c2ccccc12. The van der Waals surface area contributed by atoms with E-state index in [1.54, 1.807) is 0 Å². The van der Waals surface area contributed by atoms with Gasteiger partial charge in [-0.05, 0) is 12.0 Å². The summed E-state index contributed by atoms with van der Waals surface area (Å²) in [7, 11) is 1.96. The Labute approximate surface area is 108 Å². The molecule has 1 heterocycles. The van der Waals surface area contributed by atoms with Crippen LogP contribution in [-0.2, 0) is 13.6 Å². The van der Waals surface area contributed by atoms with Gasteiger partial charge in [-0.25, -0.2) is 0 Å². The molecule has 0 bridgehead atoms. The molecule has 0 saturated heterocycles. The van der Waals surface area contributed by atoms with Crippen LogP contribution in [0.4, 0.5) is 0 Å². The standard InChI is InChI=1S/C14H21N3O/c1-10(2)13(9-18)15-8-12-11-6-4-5-7-14(11)17(3)16-12/h4-7,10,13,15,18H,8-9H2,1-3H3. The van der Waals surface area contributed by atoms with Gasteiger partial charge in [-0.3, -0.25) is 4.68 Å². The Kier molecular flexibility index (Phi) is 3.99. The van der Waals surface area contributed by atoms with Crippen LogP contribution in [0, 0.1) is 5.92 Å². The van der Waals surface area contributed by atoms with Crippen LogP contribution in [-0.4, -0.2) is 27.5 Å². The minimum Gasteiger partial charge on any atom is -0.395 e. The van der Waals surface area contributed by atoms with Crippen LogP contribution in [0.5, 0.6) is 0 Å². The molecule has 98 valence electrons. The Morgan fingerprint density at radius 3 is 2.72 bits per heavy atom. The molecule has 0 spiro atoms. The predicted octanol–water partition coefficient (Wildman–Crippen LogP) is 1.68. The molecule has 1 aromatic heterocycles. The van der Waals surface area contributed by atoms with Gasteiger partial charge in [-0.2, -0.15) is 5.10 Å². The summed E-state index contributed by atoms with van der Waals surface area (Å²) in [5.74, 6) is 0.407. The first kappa shape index (κ1) is 13.1. The van der Waals surface area contributed by atoms with Crippen molar-refractivity contribution in [3.63, 3.8) is 0 Å². The Bertz CT molecular complexity index is 519. The molecule has 1 atom stereocenters. The number of aliphatic hydroxyl groups is 1. The van der Waals surface area contributed by atoms with Gasteiger partial charge in [-0.1, -0.05) is 32.0 Å². The highest BCUT2D eigenvalue weighted by molar-refractivity contribution is 5.81. The number of fused-ring (bicyclic) bond motifs is 1. The van der Waals surface area contributed by atoms with Crippen LogP contribution < -0.4 is 5.32 Å². The summed E-state index contributed by atoms with van der Waals surface area (Å²) >= 11 is 0. The summed E-state index contributed by atoms with van der Waals surface area (Å²) in [5, 5.41) is 18.4. The van der Waals surface area contributed by atoms with Gasteiger partial charge in [0.2, 0.25) is 0 Å².